The first kappa shape index (κ1) is 24.0. The molecule has 8 nitrogen and oxygen atoms in total. The minimum atomic E-state index is -0.627. The van der Waals surface area contributed by atoms with Gasteiger partial charge in [0.1, 0.15) is 18.2 Å². The molecule has 0 aromatic heterocycles. The number of methoxy groups -OCH3 is 1. The molecule has 0 bridgehead atoms. The molecular weight excluding hydrogens is 434 g/mol. The summed E-state index contributed by atoms with van der Waals surface area (Å²) >= 11 is 0. The van der Waals surface area contributed by atoms with E-state index in [1.165, 1.54) is 36.9 Å². The standard InChI is InChI=1S/C26H23N3O5/c1-17-4-6-19(7-5-17)16-34-24-11-8-20(14-25(24)33-3)13-21(15-27)26(30)28-23-10-9-22(29(31)32)12-18(23)2/h4-14H,16H2,1-3H3,(H,28,30)/b21-13+. The summed E-state index contributed by atoms with van der Waals surface area (Å²) < 4.78 is 11.3. The van der Waals surface area contributed by atoms with Gasteiger partial charge in [0.15, 0.2) is 11.5 Å². The maximum absolute atomic E-state index is 12.6. The molecule has 0 aliphatic heterocycles. The van der Waals surface area contributed by atoms with Crippen molar-refractivity contribution in [3.05, 3.63) is 98.6 Å². The molecule has 3 aromatic carbocycles. The van der Waals surface area contributed by atoms with Crippen LogP contribution in [0.5, 0.6) is 11.5 Å². The second-order valence-electron chi connectivity index (χ2n) is 7.56. The van der Waals surface area contributed by atoms with E-state index in [9.17, 15) is 20.2 Å². The molecule has 0 atom stereocenters. The van der Waals surface area contributed by atoms with Crippen molar-refractivity contribution in [1.29, 1.82) is 5.26 Å². The van der Waals surface area contributed by atoms with Gasteiger partial charge >= 0.3 is 0 Å². The van der Waals surface area contributed by atoms with Gasteiger partial charge in [-0.2, -0.15) is 5.26 Å². The van der Waals surface area contributed by atoms with Crippen molar-refractivity contribution in [2.75, 3.05) is 12.4 Å². The first-order valence-corrected chi connectivity index (χ1v) is 10.3. The summed E-state index contributed by atoms with van der Waals surface area (Å²) in [5, 5.41) is 23.0. The Morgan fingerprint density at radius 2 is 1.82 bits per heavy atom. The maximum Gasteiger partial charge on any atom is 0.269 e. The van der Waals surface area contributed by atoms with Gasteiger partial charge in [-0.25, -0.2) is 0 Å². The molecule has 8 heteroatoms. The molecule has 0 unspecified atom stereocenters. The Kier molecular flexibility index (Phi) is 7.62. The van der Waals surface area contributed by atoms with Crippen LogP contribution in [0.1, 0.15) is 22.3 Å². The Balaban J connectivity index is 1.75. The van der Waals surface area contributed by atoms with Crippen LogP contribution in [0.4, 0.5) is 11.4 Å². The summed E-state index contributed by atoms with van der Waals surface area (Å²) in [7, 11) is 1.51. The summed E-state index contributed by atoms with van der Waals surface area (Å²) in [6.45, 7) is 4.02. The molecule has 3 aromatic rings. The number of benzene rings is 3. The Bertz CT molecular complexity index is 1290. The Labute approximate surface area is 197 Å². The number of anilines is 1. The van der Waals surface area contributed by atoms with Gasteiger partial charge in [-0.15, -0.1) is 0 Å². The van der Waals surface area contributed by atoms with Crippen LogP contribution in [0.3, 0.4) is 0 Å². The predicted molar refractivity (Wildman–Crippen MR) is 129 cm³/mol. The zero-order valence-corrected chi connectivity index (χ0v) is 19.0. The van der Waals surface area contributed by atoms with Crippen LogP contribution < -0.4 is 14.8 Å². The lowest BCUT2D eigenvalue weighted by Crippen LogP contribution is -2.14. The van der Waals surface area contributed by atoms with Gasteiger partial charge < -0.3 is 14.8 Å². The van der Waals surface area contributed by atoms with Gasteiger partial charge in [-0.05, 0) is 54.8 Å². The SMILES string of the molecule is COc1cc(/C=C(\C#N)C(=O)Nc2ccc([N+](=O)[O-])cc2C)ccc1OCc1ccc(C)cc1. The number of nitrogens with one attached hydrogen (secondary N) is 1. The van der Waals surface area contributed by atoms with Crippen LogP contribution >= 0.6 is 0 Å². The van der Waals surface area contributed by atoms with E-state index in [2.05, 4.69) is 5.32 Å². The Hall–Kier alpha value is -4.64. The number of amides is 1. The molecule has 0 saturated heterocycles. The van der Waals surface area contributed by atoms with Gasteiger partial charge in [-0.3, -0.25) is 14.9 Å². The lowest BCUT2D eigenvalue weighted by molar-refractivity contribution is -0.384. The van der Waals surface area contributed by atoms with Gasteiger partial charge in [0.25, 0.3) is 11.6 Å². The van der Waals surface area contributed by atoms with E-state index in [0.29, 0.717) is 34.9 Å². The topological polar surface area (TPSA) is 114 Å². The molecule has 172 valence electrons. The van der Waals surface area contributed by atoms with E-state index in [1.807, 2.05) is 37.3 Å². The molecule has 0 aliphatic carbocycles. The van der Waals surface area contributed by atoms with Gasteiger partial charge in [0.2, 0.25) is 0 Å². The van der Waals surface area contributed by atoms with Crippen LogP contribution in [0, 0.1) is 35.3 Å². The van der Waals surface area contributed by atoms with Crippen LogP contribution in [-0.2, 0) is 11.4 Å². The zero-order valence-electron chi connectivity index (χ0n) is 19.0. The predicted octanol–water partition coefficient (Wildman–Crippen LogP) is 5.34. The molecule has 1 N–H and O–H groups in total. The monoisotopic (exact) mass is 457 g/mol. The number of aryl methyl sites for hydroxylation is 2. The fourth-order valence-corrected chi connectivity index (χ4v) is 3.15. The number of hydrogen-bond acceptors (Lipinski definition) is 6. The molecule has 34 heavy (non-hydrogen) atoms. The van der Waals surface area contributed by atoms with Crippen molar-refractivity contribution in [1.82, 2.24) is 0 Å². The van der Waals surface area contributed by atoms with Crippen molar-refractivity contribution in [3.63, 3.8) is 0 Å². The van der Waals surface area contributed by atoms with Gasteiger partial charge in [-0.1, -0.05) is 35.9 Å². The van der Waals surface area contributed by atoms with Crippen LogP contribution in [-0.4, -0.2) is 17.9 Å². The molecule has 0 heterocycles. The van der Waals surface area contributed by atoms with E-state index in [1.54, 1.807) is 25.1 Å². The van der Waals surface area contributed by atoms with Crippen LogP contribution in [0.25, 0.3) is 6.08 Å². The third kappa shape index (κ3) is 5.99. The van der Waals surface area contributed by atoms with E-state index in [0.717, 1.165) is 5.56 Å². The van der Waals surface area contributed by atoms with E-state index in [-0.39, 0.29) is 11.3 Å². The normalized spacial score (nSPS) is 10.8. The number of hydrogen-bond donors (Lipinski definition) is 1. The average molecular weight is 457 g/mol. The summed E-state index contributed by atoms with van der Waals surface area (Å²) in [5.74, 6) is 0.368. The van der Waals surface area contributed by atoms with Crippen LogP contribution in [0.15, 0.2) is 66.2 Å². The Morgan fingerprint density at radius 3 is 2.44 bits per heavy atom. The second-order valence-corrected chi connectivity index (χ2v) is 7.56. The number of rotatable bonds is 8. The second kappa shape index (κ2) is 10.8. The molecule has 0 spiro atoms. The number of carbonyl (C=O) groups is 1. The number of non-ortho nitro benzene ring substituents is 1. The smallest absolute Gasteiger partial charge is 0.269 e. The van der Waals surface area contributed by atoms with Crippen molar-refractivity contribution >= 4 is 23.4 Å². The minimum Gasteiger partial charge on any atom is -0.493 e. The largest absolute Gasteiger partial charge is 0.493 e. The van der Waals surface area contributed by atoms with E-state index < -0.39 is 10.8 Å². The molecule has 0 aliphatic rings. The first-order valence-electron chi connectivity index (χ1n) is 10.3. The fourth-order valence-electron chi connectivity index (χ4n) is 3.15. The number of ether oxygens (including phenoxy) is 2. The van der Waals surface area contributed by atoms with E-state index in [4.69, 9.17) is 9.47 Å². The highest BCUT2D eigenvalue weighted by Crippen LogP contribution is 2.30. The third-order valence-corrected chi connectivity index (χ3v) is 5.05. The maximum atomic E-state index is 12.6. The highest BCUT2D eigenvalue weighted by Gasteiger charge is 2.14. The number of nitro benzene ring substituents is 1. The lowest BCUT2D eigenvalue weighted by Gasteiger charge is -2.12. The third-order valence-electron chi connectivity index (χ3n) is 5.05. The molecule has 0 radical (unpaired) electrons. The summed E-state index contributed by atoms with van der Waals surface area (Å²) in [6, 6.07) is 19.1. The van der Waals surface area contributed by atoms with Gasteiger partial charge in [0, 0.05) is 17.8 Å². The molecule has 3 rings (SSSR count). The average Bonchev–Trinajstić information content (AvgIpc) is 2.83. The summed E-state index contributed by atoms with van der Waals surface area (Å²) in [4.78, 5) is 23.0. The molecule has 0 saturated carbocycles. The fraction of sp³-hybridized carbons (Fsp3) is 0.154. The molecular formula is C26H23N3O5. The Morgan fingerprint density at radius 1 is 1.09 bits per heavy atom. The molecule has 0 fully saturated rings. The molecule has 1 amide bonds. The van der Waals surface area contributed by atoms with Crippen molar-refractivity contribution in [2.24, 2.45) is 0 Å². The zero-order chi connectivity index (χ0) is 24.7. The minimum absolute atomic E-state index is 0.0803. The number of nitrogens with zero attached hydrogens (tertiary/aromatic N) is 2. The lowest BCUT2D eigenvalue weighted by atomic mass is 10.1. The summed E-state index contributed by atoms with van der Waals surface area (Å²) in [6.07, 6.45) is 1.43. The number of carbonyl (C=O) groups excluding carboxylic acids is 1. The first-order chi connectivity index (χ1) is 16.3. The van der Waals surface area contributed by atoms with Crippen molar-refractivity contribution in [2.45, 2.75) is 20.5 Å². The quantitative estimate of drug-likeness (QED) is 0.211. The van der Waals surface area contributed by atoms with Gasteiger partial charge in [0.05, 0.1) is 12.0 Å². The number of nitriles is 1. The highest BCUT2D eigenvalue weighted by molar-refractivity contribution is 6.10. The van der Waals surface area contributed by atoms with E-state index >= 15 is 0 Å². The number of nitro groups is 1. The van der Waals surface area contributed by atoms with Crippen LogP contribution in [0.2, 0.25) is 0 Å². The highest BCUT2D eigenvalue weighted by atomic mass is 16.6. The van der Waals surface area contributed by atoms with Crippen molar-refractivity contribution < 1.29 is 19.2 Å². The summed E-state index contributed by atoms with van der Waals surface area (Å²) in [5.41, 5.74) is 3.44. The van der Waals surface area contributed by atoms with Crippen molar-refractivity contribution in [3.8, 4) is 17.6 Å².